The largest absolute Gasteiger partial charge is 0.394 e. The number of aliphatic hydroxyl groups is 18. The number of nitrogens with one attached hydrogen (secondary N) is 3. The molecular weight excluding hydrogens is 1580 g/mol. The lowest BCUT2D eigenvalue weighted by Gasteiger charge is -2.51. The fourth-order valence-electron chi connectivity index (χ4n) is 16.2. The zero-order valence-electron chi connectivity index (χ0n) is 70.9. The molecule has 21 N–H and O–H groups in total. The number of hydrogen-bond donors (Lipinski definition) is 21. The van der Waals surface area contributed by atoms with Gasteiger partial charge in [-0.05, 0) is 44.9 Å². The van der Waals surface area contributed by atoms with Crippen molar-refractivity contribution in [2.75, 3.05) is 46.2 Å². The first-order chi connectivity index (χ1) is 57.8. The van der Waals surface area contributed by atoms with Gasteiger partial charge in [0.15, 0.2) is 37.7 Å². The van der Waals surface area contributed by atoms with Crippen LogP contribution in [0.5, 0.6) is 0 Å². The Kier molecular flexibility index (Phi) is 51.2. The molecule has 36 heteroatoms. The first kappa shape index (κ1) is 105. The third kappa shape index (κ3) is 33.7. The molecule has 0 radical (unpaired) electrons. The molecule has 6 heterocycles. The summed E-state index contributed by atoms with van der Waals surface area (Å²) < 4.78 is 72.1. The zero-order valence-corrected chi connectivity index (χ0v) is 70.9. The Morgan fingerprint density at radius 3 is 1.11 bits per heavy atom. The van der Waals surface area contributed by atoms with Gasteiger partial charge in [0.1, 0.15) is 146 Å². The summed E-state index contributed by atoms with van der Waals surface area (Å²) in [5.74, 6) is -2.04. The maximum Gasteiger partial charge on any atom is 0.220 e. The summed E-state index contributed by atoms with van der Waals surface area (Å²) in [5, 5.41) is 209. The number of allylic oxidation sites excluding steroid dienone is 3. The molecule has 0 spiro atoms. The van der Waals surface area contributed by atoms with Crippen LogP contribution < -0.4 is 16.0 Å². The number of rotatable bonds is 59. The fourth-order valence-corrected chi connectivity index (χ4v) is 16.2. The highest BCUT2D eigenvalue weighted by atomic mass is 16.8. The first-order valence-corrected chi connectivity index (χ1v) is 44.6. The van der Waals surface area contributed by atoms with Crippen molar-refractivity contribution in [3.8, 4) is 0 Å². The molecule has 36 nitrogen and oxygen atoms in total. The van der Waals surface area contributed by atoms with E-state index >= 15 is 0 Å². The second-order valence-corrected chi connectivity index (χ2v) is 33.1. The monoisotopic (exact) mass is 1730 g/mol. The fraction of sp³-hybridized carbons (Fsp3) is 0.917. The molecule has 0 aromatic carbocycles. The molecule has 700 valence electrons. The van der Waals surface area contributed by atoms with Gasteiger partial charge in [-0.1, -0.05) is 205 Å². The van der Waals surface area contributed by atoms with Crippen molar-refractivity contribution in [3.05, 3.63) is 24.3 Å². The number of carbonyl (C=O) groups is 3. The Morgan fingerprint density at radius 1 is 0.325 bits per heavy atom. The minimum absolute atomic E-state index is 0.147. The van der Waals surface area contributed by atoms with Gasteiger partial charge in [-0.2, -0.15) is 0 Å². The summed E-state index contributed by atoms with van der Waals surface area (Å²) in [4.78, 5) is 39.2. The molecule has 6 saturated heterocycles. The lowest BCUT2D eigenvalue weighted by atomic mass is 9.94. The van der Waals surface area contributed by atoms with Crippen LogP contribution in [0.25, 0.3) is 0 Å². The molecule has 3 amide bonds. The number of hydrogen-bond acceptors (Lipinski definition) is 33. The van der Waals surface area contributed by atoms with Crippen molar-refractivity contribution in [2.24, 2.45) is 0 Å². The van der Waals surface area contributed by atoms with Crippen LogP contribution in [0.15, 0.2) is 24.3 Å². The van der Waals surface area contributed by atoms with E-state index in [1.165, 1.54) is 141 Å². The van der Waals surface area contributed by atoms with Gasteiger partial charge in [0.05, 0.1) is 58.4 Å². The van der Waals surface area contributed by atoms with Gasteiger partial charge in [-0.25, -0.2) is 0 Å². The Hall–Kier alpha value is -3.31. The molecule has 12 unspecified atom stereocenters. The minimum atomic E-state index is -2.38. The SMILES string of the molecule is CCCCCCCC/C=C\CCCCCCCCCCCCCCCC(=O)N[C@@H](CO[C@@H]1OC(CO)[C@@H](O[C@@H]2OC(CO)[C@H](O[C@@H]3OC(CO)[C@H](O)[C@H](O)C3NC(C)=O)[C@H](O[C@H]3OC(CO)[C@H](O)[C@H](O[C@@H]4OC(CO)[C@@H](O[C@@H]5OC(CO)[C@H](O)[C@H](O)C5O)[C@H](O)C4NC(C)=O)C3O)C2O)[C@H](O)C1O)[C@H](O)/C=C/CCCCCCCCCCCCC. The molecule has 0 saturated carbocycles. The van der Waals surface area contributed by atoms with E-state index in [0.29, 0.717) is 12.8 Å². The van der Waals surface area contributed by atoms with Crippen LogP contribution in [-0.4, -0.2) is 352 Å². The van der Waals surface area contributed by atoms with Crippen molar-refractivity contribution in [1.82, 2.24) is 16.0 Å². The van der Waals surface area contributed by atoms with Crippen LogP contribution in [0.1, 0.15) is 246 Å². The van der Waals surface area contributed by atoms with E-state index in [1.54, 1.807) is 6.08 Å². The molecule has 0 aromatic rings. The van der Waals surface area contributed by atoms with Gasteiger partial charge in [0.2, 0.25) is 17.7 Å². The number of carbonyl (C=O) groups excluding carboxylic acids is 3. The van der Waals surface area contributed by atoms with E-state index in [9.17, 15) is 106 Å². The van der Waals surface area contributed by atoms with Crippen LogP contribution >= 0.6 is 0 Å². The number of unbranched alkanes of at least 4 members (excludes halogenated alkanes) is 30. The summed E-state index contributed by atoms with van der Waals surface area (Å²) in [6.45, 7) is -0.129. The molecule has 0 bridgehead atoms. The van der Waals surface area contributed by atoms with Crippen LogP contribution in [0.2, 0.25) is 0 Å². The van der Waals surface area contributed by atoms with Gasteiger partial charge < -0.3 is 165 Å². The van der Waals surface area contributed by atoms with Crippen molar-refractivity contribution in [2.45, 2.75) is 442 Å². The molecule has 6 aliphatic heterocycles. The number of ether oxygens (including phenoxy) is 12. The molecule has 32 atom stereocenters. The summed E-state index contributed by atoms with van der Waals surface area (Å²) in [6, 6.07) is -4.65. The molecule has 6 rings (SSSR count). The van der Waals surface area contributed by atoms with Crippen LogP contribution in [0, 0.1) is 0 Å². The molecule has 0 aliphatic carbocycles. The van der Waals surface area contributed by atoms with Gasteiger partial charge in [0.25, 0.3) is 0 Å². The van der Waals surface area contributed by atoms with Crippen molar-refractivity contribution in [3.63, 3.8) is 0 Å². The summed E-state index contributed by atoms with van der Waals surface area (Å²) >= 11 is 0. The third-order valence-corrected chi connectivity index (χ3v) is 23.4. The topological polar surface area (TPSA) is 562 Å². The van der Waals surface area contributed by atoms with Crippen LogP contribution in [0.3, 0.4) is 0 Å². The lowest BCUT2D eigenvalue weighted by Crippen LogP contribution is -2.70. The van der Waals surface area contributed by atoms with E-state index in [2.05, 4.69) is 41.9 Å². The quantitative estimate of drug-likeness (QED) is 0.0291. The average Bonchev–Trinajstić information content (AvgIpc) is 0.763. The summed E-state index contributed by atoms with van der Waals surface area (Å²) in [7, 11) is 0. The second kappa shape index (κ2) is 58.2. The Bertz CT molecular complexity index is 2790. The average molecular weight is 1730 g/mol. The minimum Gasteiger partial charge on any atom is -0.394 e. The highest BCUT2D eigenvalue weighted by molar-refractivity contribution is 5.76. The Morgan fingerprint density at radius 2 is 0.650 bits per heavy atom. The van der Waals surface area contributed by atoms with E-state index in [4.69, 9.17) is 56.8 Å². The van der Waals surface area contributed by atoms with Crippen molar-refractivity contribution >= 4 is 17.7 Å². The third-order valence-electron chi connectivity index (χ3n) is 23.4. The first-order valence-electron chi connectivity index (χ1n) is 44.6. The molecule has 0 aromatic heterocycles. The zero-order chi connectivity index (χ0) is 87.6. The molecule has 120 heavy (non-hydrogen) atoms. The van der Waals surface area contributed by atoms with Gasteiger partial charge >= 0.3 is 0 Å². The van der Waals surface area contributed by atoms with E-state index in [0.717, 1.165) is 71.6 Å². The number of amides is 3. The molecule has 6 fully saturated rings. The smallest absolute Gasteiger partial charge is 0.220 e. The lowest BCUT2D eigenvalue weighted by molar-refractivity contribution is -0.401. The van der Waals surface area contributed by atoms with Crippen LogP contribution in [-0.2, 0) is 71.2 Å². The van der Waals surface area contributed by atoms with Gasteiger partial charge in [0, 0.05) is 20.3 Å². The predicted molar refractivity (Wildman–Crippen MR) is 431 cm³/mol. The molecule has 6 aliphatic rings. The maximum atomic E-state index is 13.7. The Labute approximate surface area is 706 Å². The van der Waals surface area contributed by atoms with E-state index in [-0.39, 0.29) is 12.3 Å². The molecular formula is C84H151N3O33. The van der Waals surface area contributed by atoms with Crippen molar-refractivity contribution in [1.29, 1.82) is 0 Å². The Balaban J connectivity index is 1.14. The maximum absolute atomic E-state index is 13.7. The second-order valence-electron chi connectivity index (χ2n) is 33.1. The van der Waals surface area contributed by atoms with E-state index in [1.807, 2.05) is 6.08 Å². The number of aliphatic hydroxyl groups excluding tert-OH is 18. The highest BCUT2D eigenvalue weighted by Gasteiger charge is 2.59. The summed E-state index contributed by atoms with van der Waals surface area (Å²) in [5.41, 5.74) is 0. The van der Waals surface area contributed by atoms with E-state index < -0.39 is 254 Å². The predicted octanol–water partition coefficient (Wildman–Crippen LogP) is 0.473. The van der Waals surface area contributed by atoms with Gasteiger partial charge in [-0.15, -0.1) is 0 Å². The van der Waals surface area contributed by atoms with Crippen molar-refractivity contribution < 1.29 is 163 Å². The highest BCUT2D eigenvalue weighted by Crippen LogP contribution is 2.39. The van der Waals surface area contributed by atoms with Crippen LogP contribution in [0.4, 0.5) is 0 Å². The standard InChI is InChI=1S/C84H151N3O33/c1-5-7-9-11-13-15-17-19-20-21-22-23-24-25-26-27-28-30-32-34-36-38-40-42-60(97)87-52(53(96)41-39-37-35-33-31-29-18-16-14-12-10-8-6-2)49-109-81-71(106)69(104)75(58(47-92)114-81)117-84-73(108)78(76(59(48-93)115-84)118-79-61(85-50(3)94)66(101)63(98)54(43-88)110-79)120-83-72(107)77(65(100)56(45-90)112-83)119-80-62(86-51(4)95)67(102)74(57(46-91)113-80)116-82-70(105)68(103)64(99)55(44-89)111-82/h19-20,39,41,52-59,61-84,88-93,96,98-108H,5-18,21-38,40,42-49H2,1-4H3,(H,85,94)(H,86,95)(H,87,97)/b20-19-,41-39+/t52-,53+,54?,55?,56?,57?,58?,59?,61?,62?,63-,64-,65-,66+,67+,68-,69+,70?,71?,72?,73?,74+,75+,76-,77-,78+,79-,80-,81+,82-,83+,84-/m0/s1. The summed E-state index contributed by atoms with van der Waals surface area (Å²) in [6.07, 6.45) is -10.3. The van der Waals surface area contributed by atoms with Gasteiger partial charge in [-0.3, -0.25) is 14.4 Å². The normalized spacial score (nSPS) is 35.6.